The van der Waals surface area contributed by atoms with Crippen LogP contribution in [0.5, 0.6) is 0 Å². The van der Waals surface area contributed by atoms with Crippen LogP contribution in [-0.2, 0) is 10.1 Å². The summed E-state index contributed by atoms with van der Waals surface area (Å²) in [7, 11) is -2.35. The van der Waals surface area contributed by atoms with Crippen molar-refractivity contribution in [3.8, 4) is 0 Å². The SMILES string of the molecule is Cc1ccc2c(c1)C=C(c1ccccc1)N=[S+]2(C)[O-]. The highest BCUT2D eigenvalue weighted by Crippen LogP contribution is 2.34. The standard InChI is InChI=1S/C16H15NOS/c1-12-8-9-16-14(10-12)11-15(17-19(16,2)18)13-6-4-3-5-7-13/h3-11H,1-2H3. The van der Waals surface area contributed by atoms with E-state index in [0.717, 1.165) is 21.7 Å². The van der Waals surface area contributed by atoms with Crippen molar-refractivity contribution < 1.29 is 4.55 Å². The van der Waals surface area contributed by atoms with E-state index < -0.39 is 10.1 Å². The van der Waals surface area contributed by atoms with Crippen LogP contribution in [0.2, 0.25) is 0 Å². The molecule has 3 heteroatoms. The van der Waals surface area contributed by atoms with Gasteiger partial charge in [0.15, 0.2) is 0 Å². The molecule has 1 aliphatic rings. The second-order valence-corrected chi connectivity index (χ2v) is 7.06. The third kappa shape index (κ3) is 2.27. The molecule has 0 amide bonds. The Morgan fingerprint density at radius 2 is 1.79 bits per heavy atom. The van der Waals surface area contributed by atoms with Gasteiger partial charge >= 0.3 is 0 Å². The predicted octanol–water partition coefficient (Wildman–Crippen LogP) is 3.96. The van der Waals surface area contributed by atoms with E-state index in [4.69, 9.17) is 0 Å². The summed E-state index contributed by atoms with van der Waals surface area (Å²) in [6.45, 7) is 2.04. The van der Waals surface area contributed by atoms with Gasteiger partial charge in [-0.2, -0.15) is 0 Å². The summed E-state index contributed by atoms with van der Waals surface area (Å²) in [5, 5.41) is 0. The monoisotopic (exact) mass is 269 g/mol. The second-order valence-electron chi connectivity index (χ2n) is 4.83. The first-order chi connectivity index (χ1) is 9.06. The largest absolute Gasteiger partial charge is 0.626 e. The second kappa shape index (κ2) is 4.44. The number of hydrogen-bond donors (Lipinski definition) is 0. The molecular weight excluding hydrogens is 254 g/mol. The summed E-state index contributed by atoms with van der Waals surface area (Å²) in [6, 6.07) is 15.9. The third-order valence-electron chi connectivity index (χ3n) is 3.21. The molecule has 0 N–H and O–H groups in total. The van der Waals surface area contributed by atoms with E-state index in [0.29, 0.717) is 0 Å². The minimum atomic E-state index is -2.35. The van der Waals surface area contributed by atoms with Gasteiger partial charge in [-0.1, -0.05) is 42.0 Å². The zero-order chi connectivity index (χ0) is 13.5. The molecule has 96 valence electrons. The molecule has 1 heterocycles. The molecule has 1 unspecified atom stereocenters. The fraction of sp³-hybridized carbons (Fsp3) is 0.125. The Kier molecular flexibility index (Phi) is 2.88. The van der Waals surface area contributed by atoms with Gasteiger partial charge in [0.1, 0.15) is 10.6 Å². The molecule has 0 saturated heterocycles. The molecule has 0 saturated carbocycles. The van der Waals surface area contributed by atoms with Crippen molar-refractivity contribution in [2.24, 2.45) is 4.36 Å². The number of fused-ring (bicyclic) bond motifs is 1. The summed E-state index contributed by atoms with van der Waals surface area (Å²) < 4.78 is 17.2. The van der Waals surface area contributed by atoms with Crippen LogP contribution in [0.15, 0.2) is 57.8 Å². The lowest BCUT2D eigenvalue weighted by molar-refractivity contribution is 0.590. The Bertz CT molecular complexity index is 711. The molecule has 0 bridgehead atoms. The summed E-state index contributed by atoms with van der Waals surface area (Å²) >= 11 is 0. The number of aryl methyl sites for hydroxylation is 1. The zero-order valence-electron chi connectivity index (χ0n) is 11.0. The van der Waals surface area contributed by atoms with Crippen LogP contribution in [0, 0.1) is 6.92 Å². The van der Waals surface area contributed by atoms with Crippen molar-refractivity contribution in [1.29, 1.82) is 0 Å². The van der Waals surface area contributed by atoms with Crippen molar-refractivity contribution >= 4 is 21.9 Å². The van der Waals surface area contributed by atoms with Gasteiger partial charge in [-0.3, -0.25) is 0 Å². The van der Waals surface area contributed by atoms with Gasteiger partial charge in [0, 0.05) is 11.1 Å². The number of nitrogens with zero attached hydrogens (tertiary/aromatic N) is 1. The lowest BCUT2D eigenvalue weighted by atomic mass is 10.1. The van der Waals surface area contributed by atoms with Crippen molar-refractivity contribution in [2.45, 2.75) is 11.8 Å². The minimum absolute atomic E-state index is 0.797. The average Bonchev–Trinajstić information content (AvgIpc) is 2.38. The fourth-order valence-corrected chi connectivity index (χ4v) is 3.79. The summed E-state index contributed by atoms with van der Waals surface area (Å²) in [5.41, 5.74) is 3.98. The maximum absolute atomic E-state index is 12.7. The first-order valence-corrected chi connectivity index (χ1v) is 8.08. The molecule has 0 fully saturated rings. The van der Waals surface area contributed by atoms with Crippen LogP contribution in [-0.4, -0.2) is 10.8 Å². The fourth-order valence-electron chi connectivity index (χ4n) is 2.28. The average molecular weight is 269 g/mol. The van der Waals surface area contributed by atoms with E-state index in [1.807, 2.05) is 55.5 Å². The smallest absolute Gasteiger partial charge is 0.143 e. The highest BCUT2D eigenvalue weighted by Gasteiger charge is 2.22. The molecule has 0 aromatic heterocycles. The molecule has 0 radical (unpaired) electrons. The van der Waals surface area contributed by atoms with Gasteiger partial charge in [0.25, 0.3) is 0 Å². The molecule has 2 aromatic carbocycles. The van der Waals surface area contributed by atoms with Gasteiger partial charge in [0.2, 0.25) is 0 Å². The maximum Gasteiger partial charge on any atom is 0.143 e. The van der Waals surface area contributed by atoms with Gasteiger partial charge < -0.3 is 4.55 Å². The first-order valence-electron chi connectivity index (χ1n) is 6.16. The molecule has 2 aromatic rings. The number of hydrogen-bond acceptors (Lipinski definition) is 2. The van der Waals surface area contributed by atoms with E-state index in [9.17, 15) is 4.55 Å². The van der Waals surface area contributed by atoms with Crippen LogP contribution in [0.3, 0.4) is 0 Å². The predicted molar refractivity (Wildman–Crippen MR) is 80.3 cm³/mol. The highest BCUT2D eigenvalue weighted by atomic mass is 32.3. The minimum Gasteiger partial charge on any atom is -0.626 e. The van der Waals surface area contributed by atoms with Gasteiger partial charge in [-0.15, -0.1) is 4.36 Å². The number of rotatable bonds is 1. The molecule has 1 atom stereocenters. The first kappa shape index (κ1) is 12.3. The Morgan fingerprint density at radius 3 is 2.53 bits per heavy atom. The molecule has 1 aliphatic heterocycles. The Labute approximate surface area is 114 Å². The lowest BCUT2D eigenvalue weighted by Crippen LogP contribution is -2.13. The van der Waals surface area contributed by atoms with Crippen molar-refractivity contribution in [3.05, 3.63) is 65.2 Å². The van der Waals surface area contributed by atoms with Crippen LogP contribution in [0.1, 0.15) is 16.7 Å². The molecule has 0 aliphatic carbocycles. The van der Waals surface area contributed by atoms with Crippen molar-refractivity contribution in [2.75, 3.05) is 6.26 Å². The molecule has 2 nitrogen and oxygen atoms in total. The quantitative estimate of drug-likeness (QED) is 0.722. The Morgan fingerprint density at radius 1 is 1.05 bits per heavy atom. The van der Waals surface area contributed by atoms with Crippen molar-refractivity contribution in [3.63, 3.8) is 0 Å². The summed E-state index contributed by atoms with van der Waals surface area (Å²) in [6.07, 6.45) is 3.72. The number of benzene rings is 2. The zero-order valence-corrected chi connectivity index (χ0v) is 11.8. The molecular formula is C16H15NOS. The Hall–Kier alpha value is -1.71. The third-order valence-corrected chi connectivity index (χ3v) is 4.94. The van der Waals surface area contributed by atoms with Gasteiger partial charge in [-0.05, 0) is 35.2 Å². The molecule has 0 spiro atoms. The topological polar surface area (TPSA) is 35.4 Å². The summed E-state index contributed by atoms with van der Waals surface area (Å²) in [5.74, 6) is 0. The van der Waals surface area contributed by atoms with E-state index in [-0.39, 0.29) is 0 Å². The van der Waals surface area contributed by atoms with E-state index in [1.165, 1.54) is 5.56 Å². The lowest BCUT2D eigenvalue weighted by Gasteiger charge is -2.23. The summed E-state index contributed by atoms with van der Waals surface area (Å²) in [4.78, 5) is 0.831. The highest BCUT2D eigenvalue weighted by molar-refractivity contribution is 7.99. The maximum atomic E-state index is 12.7. The van der Waals surface area contributed by atoms with E-state index in [2.05, 4.69) is 10.4 Å². The van der Waals surface area contributed by atoms with Crippen LogP contribution in [0.4, 0.5) is 0 Å². The van der Waals surface area contributed by atoms with Crippen LogP contribution >= 0.6 is 0 Å². The van der Waals surface area contributed by atoms with Gasteiger partial charge in [0.05, 0.1) is 6.26 Å². The van der Waals surface area contributed by atoms with Crippen molar-refractivity contribution in [1.82, 2.24) is 0 Å². The molecule has 19 heavy (non-hydrogen) atoms. The van der Waals surface area contributed by atoms with Crippen LogP contribution in [0.25, 0.3) is 11.8 Å². The molecule has 3 rings (SSSR count). The van der Waals surface area contributed by atoms with Crippen LogP contribution < -0.4 is 0 Å². The van der Waals surface area contributed by atoms with E-state index in [1.54, 1.807) is 6.26 Å². The van der Waals surface area contributed by atoms with Gasteiger partial charge in [-0.25, -0.2) is 0 Å². The Balaban J connectivity index is 2.23. The normalized spacial score (nSPS) is 21.3. The van der Waals surface area contributed by atoms with E-state index >= 15 is 0 Å².